The lowest BCUT2D eigenvalue weighted by atomic mass is 10.2. The summed E-state index contributed by atoms with van der Waals surface area (Å²) < 4.78 is 37.3. The third-order valence-corrected chi connectivity index (χ3v) is 5.20. The lowest BCUT2D eigenvalue weighted by Gasteiger charge is -2.07. The van der Waals surface area contributed by atoms with E-state index in [1.165, 1.54) is 54.7 Å². The second-order valence-electron chi connectivity index (χ2n) is 7.50. The van der Waals surface area contributed by atoms with E-state index in [2.05, 4.69) is 10.2 Å². The Morgan fingerprint density at radius 1 is 0.939 bits per heavy atom. The maximum atomic E-state index is 13.3. The predicted octanol–water partition coefficient (Wildman–Crippen LogP) is 1.95. The van der Waals surface area contributed by atoms with Gasteiger partial charge in [-0.25, -0.2) is 22.7 Å². The molecule has 0 aliphatic heterocycles. The van der Waals surface area contributed by atoms with E-state index in [0.717, 1.165) is 0 Å². The molecule has 11 heteroatoms. The second kappa shape index (κ2) is 8.01. The molecule has 0 atom stereocenters. The summed E-state index contributed by atoms with van der Waals surface area (Å²) in [5.74, 6) is -0.177. The number of hydrogen-bond donors (Lipinski definition) is 0. The van der Waals surface area contributed by atoms with E-state index in [4.69, 9.17) is 4.74 Å². The number of halogens is 2. The molecule has 5 rings (SSSR count). The topological polar surface area (TPSA) is 88.3 Å². The fourth-order valence-electron chi connectivity index (χ4n) is 3.63. The average molecular weight is 452 g/mol. The van der Waals surface area contributed by atoms with Crippen molar-refractivity contribution in [3.63, 3.8) is 0 Å². The highest BCUT2D eigenvalue weighted by Crippen LogP contribution is 2.13. The lowest BCUT2D eigenvalue weighted by molar-refractivity contribution is 0.288. The molecule has 0 aliphatic carbocycles. The Morgan fingerprint density at radius 2 is 1.61 bits per heavy atom. The fourth-order valence-corrected chi connectivity index (χ4v) is 3.63. The minimum Gasteiger partial charge on any atom is -0.492 e. The van der Waals surface area contributed by atoms with Crippen LogP contribution in [0.4, 0.5) is 8.78 Å². The zero-order valence-electron chi connectivity index (χ0n) is 17.5. The number of aryl methyl sites for hydroxylation is 1. The number of aromatic nitrogens is 6. The van der Waals surface area contributed by atoms with E-state index in [0.29, 0.717) is 16.8 Å². The first kappa shape index (κ1) is 20.6. The normalized spacial score (nSPS) is 11.5. The van der Waals surface area contributed by atoms with Gasteiger partial charge < -0.3 is 4.74 Å². The van der Waals surface area contributed by atoms with Gasteiger partial charge in [0.05, 0.1) is 13.1 Å². The van der Waals surface area contributed by atoms with E-state index in [1.54, 1.807) is 25.4 Å². The molecule has 33 heavy (non-hydrogen) atoms. The highest BCUT2D eigenvalue weighted by molar-refractivity contribution is 5.75. The van der Waals surface area contributed by atoms with Crippen molar-refractivity contribution in [2.75, 3.05) is 6.61 Å². The molecule has 5 aromatic rings. The molecule has 0 aliphatic rings. The molecule has 9 nitrogen and oxygen atoms in total. The number of rotatable bonds is 6. The summed E-state index contributed by atoms with van der Waals surface area (Å²) in [5.41, 5.74) is 0.248. The molecule has 0 saturated carbocycles. The van der Waals surface area contributed by atoms with Gasteiger partial charge in [0.15, 0.2) is 5.52 Å². The van der Waals surface area contributed by atoms with E-state index in [9.17, 15) is 18.4 Å². The Hall–Kier alpha value is -4.28. The van der Waals surface area contributed by atoms with E-state index >= 15 is 0 Å². The zero-order chi connectivity index (χ0) is 23.1. The average Bonchev–Trinajstić information content (AvgIpc) is 3.34. The van der Waals surface area contributed by atoms with Gasteiger partial charge in [-0.3, -0.25) is 14.0 Å². The summed E-state index contributed by atoms with van der Waals surface area (Å²) in [4.78, 5) is 26.3. The molecule has 2 aromatic carbocycles. The van der Waals surface area contributed by atoms with Crippen molar-refractivity contribution in [1.29, 1.82) is 0 Å². The van der Waals surface area contributed by atoms with Gasteiger partial charge in [-0.15, -0.1) is 5.10 Å². The molecule has 3 heterocycles. The van der Waals surface area contributed by atoms with Gasteiger partial charge in [-0.2, -0.15) is 5.10 Å². The first-order valence-electron chi connectivity index (χ1n) is 10.1. The van der Waals surface area contributed by atoms with Gasteiger partial charge in [0, 0.05) is 13.2 Å². The SMILES string of the molecule is Cn1cc2c(n1)c(=O)n(Cc1ccc(F)cc1)c1nn(CCOc3ccc(F)cc3)c(=O)n21. The molecule has 168 valence electrons. The number of benzene rings is 2. The maximum absolute atomic E-state index is 13.3. The van der Waals surface area contributed by atoms with Crippen molar-refractivity contribution in [2.45, 2.75) is 13.1 Å². The third-order valence-electron chi connectivity index (χ3n) is 5.20. The predicted molar refractivity (Wildman–Crippen MR) is 115 cm³/mol. The van der Waals surface area contributed by atoms with Crippen LogP contribution in [-0.4, -0.2) is 35.1 Å². The Bertz CT molecular complexity index is 1580. The summed E-state index contributed by atoms with van der Waals surface area (Å²) in [6.45, 7) is 0.288. The third kappa shape index (κ3) is 3.77. The minimum atomic E-state index is -0.460. The zero-order valence-corrected chi connectivity index (χ0v) is 17.5. The molecule has 0 saturated heterocycles. The first-order valence-corrected chi connectivity index (χ1v) is 10.1. The highest BCUT2D eigenvalue weighted by Gasteiger charge is 2.20. The fraction of sp³-hybridized carbons (Fsp3) is 0.182. The van der Waals surface area contributed by atoms with Crippen LogP contribution in [0.1, 0.15) is 5.56 Å². The van der Waals surface area contributed by atoms with Crippen molar-refractivity contribution >= 4 is 16.8 Å². The van der Waals surface area contributed by atoms with E-state index in [1.807, 2.05) is 0 Å². The van der Waals surface area contributed by atoms with Crippen molar-refractivity contribution in [1.82, 2.24) is 28.5 Å². The smallest absolute Gasteiger partial charge is 0.352 e. The van der Waals surface area contributed by atoms with Gasteiger partial charge in [-0.1, -0.05) is 12.1 Å². The van der Waals surface area contributed by atoms with Crippen LogP contribution in [0.25, 0.3) is 16.8 Å². The van der Waals surface area contributed by atoms with Crippen LogP contribution in [0.2, 0.25) is 0 Å². The minimum absolute atomic E-state index is 0.0810. The van der Waals surface area contributed by atoms with Crippen molar-refractivity contribution in [3.8, 4) is 5.75 Å². The summed E-state index contributed by atoms with van der Waals surface area (Å²) >= 11 is 0. The Balaban J connectivity index is 1.56. The molecule has 0 bridgehead atoms. The van der Waals surface area contributed by atoms with Gasteiger partial charge >= 0.3 is 5.69 Å². The molecule has 0 unspecified atom stereocenters. The Kier molecular flexibility index (Phi) is 5.00. The molecule has 0 fully saturated rings. The second-order valence-corrected chi connectivity index (χ2v) is 7.50. The van der Waals surface area contributed by atoms with Crippen molar-refractivity contribution in [3.05, 3.63) is 92.8 Å². The Labute approximate surface area is 184 Å². The van der Waals surface area contributed by atoms with Crippen LogP contribution >= 0.6 is 0 Å². The van der Waals surface area contributed by atoms with Crippen LogP contribution in [0.15, 0.2) is 64.3 Å². The number of ether oxygens (including phenoxy) is 1. The molecule has 0 radical (unpaired) electrons. The summed E-state index contributed by atoms with van der Waals surface area (Å²) in [5, 5.41) is 8.58. The van der Waals surface area contributed by atoms with Crippen molar-refractivity contribution < 1.29 is 13.5 Å². The molecule has 0 spiro atoms. The molecular weight excluding hydrogens is 434 g/mol. The van der Waals surface area contributed by atoms with Crippen LogP contribution in [0.5, 0.6) is 5.75 Å². The quantitative estimate of drug-likeness (QED) is 0.393. The van der Waals surface area contributed by atoms with Gasteiger partial charge in [0.1, 0.15) is 29.5 Å². The Morgan fingerprint density at radius 3 is 2.30 bits per heavy atom. The van der Waals surface area contributed by atoms with Crippen LogP contribution in [0, 0.1) is 11.6 Å². The monoisotopic (exact) mass is 452 g/mol. The lowest BCUT2D eigenvalue weighted by Crippen LogP contribution is -2.27. The molecule has 3 aromatic heterocycles. The number of nitrogens with zero attached hydrogens (tertiary/aromatic N) is 6. The molecule has 0 amide bonds. The van der Waals surface area contributed by atoms with Gasteiger partial charge in [0.2, 0.25) is 5.78 Å². The van der Waals surface area contributed by atoms with Gasteiger partial charge in [0.25, 0.3) is 5.56 Å². The van der Waals surface area contributed by atoms with Gasteiger partial charge in [-0.05, 0) is 42.0 Å². The molecular formula is C22H18F2N6O3. The van der Waals surface area contributed by atoms with Crippen LogP contribution in [0.3, 0.4) is 0 Å². The summed E-state index contributed by atoms with van der Waals surface area (Å²) in [7, 11) is 1.65. The largest absolute Gasteiger partial charge is 0.492 e. The standard InChI is InChI=1S/C22H18F2N6O3/c1-27-13-18-19(25-27)20(31)28(12-14-2-4-15(23)5-3-14)21-26-29(22(32)30(18)21)10-11-33-17-8-6-16(24)7-9-17/h2-9,13H,10-12H2,1H3. The summed E-state index contributed by atoms with van der Waals surface area (Å²) in [6.07, 6.45) is 1.58. The van der Waals surface area contributed by atoms with Crippen LogP contribution < -0.4 is 16.0 Å². The number of fused-ring (bicyclic) bond motifs is 3. The highest BCUT2D eigenvalue weighted by atomic mass is 19.1. The number of hydrogen-bond acceptors (Lipinski definition) is 5. The van der Waals surface area contributed by atoms with Crippen molar-refractivity contribution in [2.24, 2.45) is 7.05 Å². The first-order chi connectivity index (χ1) is 15.9. The maximum Gasteiger partial charge on any atom is 0.352 e. The van der Waals surface area contributed by atoms with Crippen LogP contribution in [-0.2, 0) is 20.1 Å². The summed E-state index contributed by atoms with van der Waals surface area (Å²) in [6, 6.07) is 11.3. The van der Waals surface area contributed by atoms with E-state index in [-0.39, 0.29) is 36.8 Å². The van der Waals surface area contributed by atoms with E-state index < -0.39 is 17.1 Å². The molecule has 0 N–H and O–H groups in total.